The number of hydrogen-bond donors (Lipinski definition) is 1. The molecule has 1 heterocycles. The average molecular weight is 279 g/mol. The Morgan fingerprint density at radius 3 is 2.67 bits per heavy atom. The number of anilines is 1. The highest BCUT2D eigenvalue weighted by molar-refractivity contribution is 6.17. The normalized spacial score (nSPS) is 11.0. The lowest BCUT2D eigenvalue weighted by molar-refractivity contribution is 0.103. The third-order valence-electron chi connectivity index (χ3n) is 3.71. The first-order valence-electron chi connectivity index (χ1n) is 7.03. The van der Waals surface area contributed by atoms with Crippen LogP contribution in [0.4, 0.5) is 5.69 Å². The van der Waals surface area contributed by atoms with Crippen molar-refractivity contribution in [1.82, 2.24) is 0 Å². The molecule has 0 atom stereocenters. The van der Waals surface area contributed by atoms with E-state index in [9.17, 15) is 4.79 Å². The molecule has 3 heteroatoms. The molecule has 106 valence electrons. The van der Waals surface area contributed by atoms with Crippen LogP contribution in [0.2, 0.25) is 0 Å². The molecule has 2 N–H and O–H groups in total. The summed E-state index contributed by atoms with van der Waals surface area (Å²) in [5.41, 5.74) is 9.40. The first-order chi connectivity index (χ1) is 10.1. The summed E-state index contributed by atoms with van der Waals surface area (Å²) in [6, 6.07) is 13.0. The second-order valence-corrected chi connectivity index (χ2v) is 5.15. The molecular formula is C18H17NO2. The van der Waals surface area contributed by atoms with Gasteiger partial charge in [0, 0.05) is 23.1 Å². The van der Waals surface area contributed by atoms with Gasteiger partial charge in [-0.1, -0.05) is 25.1 Å². The zero-order chi connectivity index (χ0) is 15.0. The Morgan fingerprint density at radius 2 is 1.95 bits per heavy atom. The predicted octanol–water partition coefficient (Wildman–Crippen LogP) is 4.12. The number of aryl methyl sites for hydroxylation is 2. The first kappa shape index (κ1) is 13.4. The molecule has 0 fully saturated rings. The molecule has 0 saturated heterocycles. The first-order valence-corrected chi connectivity index (χ1v) is 7.03. The number of benzene rings is 2. The van der Waals surface area contributed by atoms with Crippen LogP contribution in [-0.4, -0.2) is 5.78 Å². The van der Waals surface area contributed by atoms with E-state index in [4.69, 9.17) is 10.2 Å². The second-order valence-electron chi connectivity index (χ2n) is 5.15. The minimum absolute atomic E-state index is 0.00528. The lowest BCUT2D eigenvalue weighted by atomic mass is 9.96. The molecule has 0 bridgehead atoms. The molecule has 0 unspecified atom stereocenters. The van der Waals surface area contributed by atoms with Crippen LogP contribution in [0, 0.1) is 6.92 Å². The van der Waals surface area contributed by atoms with E-state index in [1.807, 2.05) is 44.2 Å². The molecule has 3 nitrogen and oxygen atoms in total. The molecule has 0 radical (unpaired) electrons. The summed E-state index contributed by atoms with van der Waals surface area (Å²) in [4.78, 5) is 12.9. The third kappa shape index (κ3) is 2.21. The molecule has 2 aromatic carbocycles. The van der Waals surface area contributed by atoms with Gasteiger partial charge in [-0.15, -0.1) is 0 Å². The number of carbonyl (C=O) groups excluding carboxylic acids is 1. The summed E-state index contributed by atoms with van der Waals surface area (Å²) in [5, 5.41) is 0.871. The second kappa shape index (κ2) is 5.09. The highest BCUT2D eigenvalue weighted by Gasteiger charge is 2.21. The number of fused-ring (bicyclic) bond motifs is 1. The average Bonchev–Trinajstić information content (AvgIpc) is 2.85. The highest BCUT2D eigenvalue weighted by Crippen LogP contribution is 2.29. The van der Waals surface area contributed by atoms with Crippen molar-refractivity contribution >= 4 is 22.4 Å². The number of rotatable bonds is 3. The van der Waals surface area contributed by atoms with E-state index in [1.54, 1.807) is 12.1 Å². The number of para-hydroxylation sites is 1. The van der Waals surface area contributed by atoms with Crippen molar-refractivity contribution in [2.24, 2.45) is 0 Å². The van der Waals surface area contributed by atoms with E-state index >= 15 is 0 Å². The number of furan rings is 1. The van der Waals surface area contributed by atoms with Gasteiger partial charge >= 0.3 is 0 Å². The lowest BCUT2D eigenvalue weighted by Crippen LogP contribution is -2.06. The van der Waals surface area contributed by atoms with Gasteiger partial charge in [0.1, 0.15) is 11.3 Å². The molecule has 3 rings (SSSR count). The fourth-order valence-corrected chi connectivity index (χ4v) is 2.67. The Balaban J connectivity index is 2.21. The van der Waals surface area contributed by atoms with Crippen molar-refractivity contribution in [2.45, 2.75) is 20.3 Å². The molecule has 0 amide bonds. The Kier molecular flexibility index (Phi) is 3.26. The van der Waals surface area contributed by atoms with Gasteiger partial charge in [0.25, 0.3) is 0 Å². The van der Waals surface area contributed by atoms with Crippen LogP contribution in [0.15, 0.2) is 46.9 Å². The zero-order valence-electron chi connectivity index (χ0n) is 12.1. The van der Waals surface area contributed by atoms with Gasteiger partial charge in [-0.3, -0.25) is 4.79 Å². The highest BCUT2D eigenvalue weighted by atomic mass is 16.3. The Morgan fingerprint density at radius 1 is 1.19 bits per heavy atom. The van der Waals surface area contributed by atoms with Crippen molar-refractivity contribution in [1.29, 1.82) is 0 Å². The van der Waals surface area contributed by atoms with Gasteiger partial charge in [-0.05, 0) is 36.8 Å². The smallest absolute Gasteiger partial charge is 0.197 e. The van der Waals surface area contributed by atoms with Crippen molar-refractivity contribution in [3.05, 3.63) is 64.9 Å². The summed E-state index contributed by atoms with van der Waals surface area (Å²) >= 11 is 0. The number of carbonyl (C=O) groups is 1. The lowest BCUT2D eigenvalue weighted by Gasteiger charge is -2.06. The standard InChI is InChI=1S/C18H17NO2/c1-3-15-17(14-6-4-5-7-16(14)21-15)18(20)13-9-8-12(19)10-11(13)2/h4-10H,3,19H2,1-2H3. The molecule has 1 aromatic heterocycles. The molecule has 0 aliphatic heterocycles. The summed E-state index contributed by atoms with van der Waals surface area (Å²) in [6.07, 6.45) is 0.684. The maximum atomic E-state index is 12.9. The quantitative estimate of drug-likeness (QED) is 0.579. The number of nitrogens with two attached hydrogens (primary N) is 1. The molecular weight excluding hydrogens is 262 g/mol. The van der Waals surface area contributed by atoms with Crippen molar-refractivity contribution in [2.75, 3.05) is 5.73 Å². The number of hydrogen-bond acceptors (Lipinski definition) is 3. The molecule has 0 aliphatic carbocycles. The maximum Gasteiger partial charge on any atom is 0.197 e. The minimum atomic E-state index is -0.00528. The van der Waals surface area contributed by atoms with Crippen molar-refractivity contribution in [3.63, 3.8) is 0 Å². The van der Waals surface area contributed by atoms with E-state index in [2.05, 4.69) is 0 Å². The third-order valence-corrected chi connectivity index (χ3v) is 3.71. The van der Waals surface area contributed by atoms with Crippen molar-refractivity contribution < 1.29 is 9.21 Å². The molecule has 0 spiro atoms. The summed E-state index contributed by atoms with van der Waals surface area (Å²) < 4.78 is 5.81. The largest absolute Gasteiger partial charge is 0.460 e. The van der Waals surface area contributed by atoms with Gasteiger partial charge in [-0.2, -0.15) is 0 Å². The van der Waals surface area contributed by atoms with Crippen LogP contribution in [-0.2, 0) is 6.42 Å². The van der Waals surface area contributed by atoms with Gasteiger partial charge in [0.2, 0.25) is 0 Å². The summed E-state index contributed by atoms with van der Waals surface area (Å²) in [5.74, 6) is 0.728. The number of nitrogen functional groups attached to an aromatic ring is 1. The van der Waals surface area contributed by atoms with E-state index in [-0.39, 0.29) is 5.78 Å². The Hall–Kier alpha value is -2.55. The van der Waals surface area contributed by atoms with Gasteiger partial charge in [0.05, 0.1) is 5.56 Å². The Labute approximate surface area is 123 Å². The van der Waals surface area contributed by atoms with E-state index in [1.165, 1.54) is 0 Å². The van der Waals surface area contributed by atoms with E-state index in [0.717, 1.165) is 22.3 Å². The van der Waals surface area contributed by atoms with Gasteiger partial charge in [0.15, 0.2) is 5.78 Å². The fraction of sp³-hybridized carbons (Fsp3) is 0.167. The monoisotopic (exact) mass is 279 g/mol. The molecule has 0 aliphatic rings. The molecule has 21 heavy (non-hydrogen) atoms. The predicted molar refractivity (Wildman–Crippen MR) is 84.6 cm³/mol. The van der Waals surface area contributed by atoms with Crippen LogP contribution >= 0.6 is 0 Å². The fourth-order valence-electron chi connectivity index (χ4n) is 2.67. The van der Waals surface area contributed by atoms with E-state index in [0.29, 0.717) is 23.2 Å². The maximum absolute atomic E-state index is 12.9. The van der Waals surface area contributed by atoms with Crippen LogP contribution in [0.3, 0.4) is 0 Å². The topological polar surface area (TPSA) is 56.2 Å². The number of ketones is 1. The van der Waals surface area contributed by atoms with Crippen LogP contribution in [0.25, 0.3) is 11.0 Å². The molecule has 3 aromatic rings. The van der Waals surface area contributed by atoms with Crippen LogP contribution in [0.5, 0.6) is 0 Å². The van der Waals surface area contributed by atoms with Gasteiger partial charge in [-0.25, -0.2) is 0 Å². The van der Waals surface area contributed by atoms with Gasteiger partial charge < -0.3 is 10.2 Å². The molecule has 0 saturated carbocycles. The summed E-state index contributed by atoms with van der Waals surface area (Å²) in [7, 11) is 0. The van der Waals surface area contributed by atoms with Crippen LogP contribution < -0.4 is 5.73 Å². The minimum Gasteiger partial charge on any atom is -0.460 e. The van der Waals surface area contributed by atoms with Crippen molar-refractivity contribution in [3.8, 4) is 0 Å². The Bertz CT molecular complexity index is 830. The van der Waals surface area contributed by atoms with E-state index < -0.39 is 0 Å². The van der Waals surface area contributed by atoms with Crippen LogP contribution in [0.1, 0.15) is 34.2 Å². The SMILES string of the molecule is CCc1oc2ccccc2c1C(=O)c1ccc(N)cc1C. The summed E-state index contributed by atoms with van der Waals surface area (Å²) in [6.45, 7) is 3.89. The zero-order valence-corrected chi connectivity index (χ0v) is 12.1.